The molecule has 1 aromatic rings. The summed E-state index contributed by atoms with van der Waals surface area (Å²) in [5.74, 6) is 0.242. The number of carbonyl (C=O) groups excluding carboxylic acids is 1. The Morgan fingerprint density at radius 2 is 2.10 bits per heavy atom. The molecule has 2 rings (SSSR count). The van der Waals surface area contributed by atoms with Gasteiger partial charge in [-0.1, -0.05) is 30.3 Å². The Hall–Kier alpha value is -1.39. The van der Waals surface area contributed by atoms with Crippen molar-refractivity contribution in [3.8, 4) is 0 Å². The van der Waals surface area contributed by atoms with Crippen molar-refractivity contribution in [3.63, 3.8) is 0 Å². The molecule has 116 valence electrons. The molecule has 1 aliphatic heterocycles. The molecule has 1 atom stereocenters. The summed E-state index contributed by atoms with van der Waals surface area (Å²) in [6, 6.07) is 10.6. The maximum absolute atomic E-state index is 12.5. The minimum Gasteiger partial charge on any atom is -0.339 e. The van der Waals surface area contributed by atoms with E-state index < -0.39 is 0 Å². The van der Waals surface area contributed by atoms with Gasteiger partial charge in [-0.05, 0) is 31.7 Å². The molecular weight excluding hydrogens is 262 g/mol. The summed E-state index contributed by atoms with van der Waals surface area (Å²) in [5, 5.41) is 0. The van der Waals surface area contributed by atoms with E-state index in [4.69, 9.17) is 5.73 Å². The molecule has 0 bridgehead atoms. The molecule has 1 fully saturated rings. The number of nitrogens with two attached hydrogens (primary N) is 1. The third kappa shape index (κ3) is 4.83. The molecule has 1 unspecified atom stereocenters. The Morgan fingerprint density at radius 1 is 1.33 bits per heavy atom. The molecule has 0 saturated carbocycles. The molecule has 0 aromatic heterocycles. The van der Waals surface area contributed by atoms with E-state index in [-0.39, 0.29) is 5.91 Å². The van der Waals surface area contributed by atoms with Crippen molar-refractivity contribution >= 4 is 5.91 Å². The van der Waals surface area contributed by atoms with Crippen molar-refractivity contribution < 1.29 is 4.79 Å². The number of hydrogen-bond donors (Lipinski definition) is 1. The van der Waals surface area contributed by atoms with Crippen molar-refractivity contribution in [2.45, 2.75) is 38.8 Å². The second-order valence-corrected chi connectivity index (χ2v) is 5.92. The second kappa shape index (κ2) is 8.15. The van der Waals surface area contributed by atoms with E-state index in [1.54, 1.807) is 0 Å². The SMILES string of the molecule is CC1CCCCN1C(=O)CN(CCN)Cc1ccccc1. The van der Waals surface area contributed by atoms with Crippen molar-refractivity contribution in [2.75, 3.05) is 26.2 Å². The Morgan fingerprint density at radius 3 is 2.76 bits per heavy atom. The Balaban J connectivity index is 1.93. The maximum atomic E-state index is 12.5. The lowest BCUT2D eigenvalue weighted by molar-refractivity contribution is -0.135. The molecule has 2 N–H and O–H groups in total. The molecule has 4 nitrogen and oxygen atoms in total. The van der Waals surface area contributed by atoms with Crippen LogP contribution < -0.4 is 5.73 Å². The Kier molecular flexibility index (Phi) is 6.21. The second-order valence-electron chi connectivity index (χ2n) is 5.92. The number of rotatable bonds is 6. The normalized spacial score (nSPS) is 19.0. The highest BCUT2D eigenvalue weighted by Crippen LogP contribution is 2.17. The zero-order chi connectivity index (χ0) is 15.1. The quantitative estimate of drug-likeness (QED) is 0.869. The van der Waals surface area contributed by atoms with E-state index in [0.29, 0.717) is 19.1 Å². The first-order valence-electron chi connectivity index (χ1n) is 7.96. The van der Waals surface area contributed by atoms with Gasteiger partial charge >= 0.3 is 0 Å². The number of amides is 1. The van der Waals surface area contributed by atoms with Gasteiger partial charge in [-0.15, -0.1) is 0 Å². The van der Waals surface area contributed by atoms with Gasteiger partial charge in [0.2, 0.25) is 5.91 Å². The van der Waals surface area contributed by atoms with Crippen LogP contribution in [0.1, 0.15) is 31.7 Å². The number of piperidine rings is 1. The molecule has 1 aromatic carbocycles. The third-order valence-electron chi connectivity index (χ3n) is 4.18. The molecule has 0 aliphatic carbocycles. The van der Waals surface area contributed by atoms with Gasteiger partial charge in [-0.25, -0.2) is 0 Å². The third-order valence-corrected chi connectivity index (χ3v) is 4.18. The molecule has 21 heavy (non-hydrogen) atoms. The van der Waals surface area contributed by atoms with Crippen LogP contribution in [0.4, 0.5) is 0 Å². The molecule has 1 amide bonds. The van der Waals surface area contributed by atoms with Crippen LogP contribution in [-0.2, 0) is 11.3 Å². The number of hydrogen-bond acceptors (Lipinski definition) is 3. The van der Waals surface area contributed by atoms with Crippen LogP contribution in [0.25, 0.3) is 0 Å². The molecule has 1 aliphatic rings. The fourth-order valence-electron chi connectivity index (χ4n) is 2.99. The first kappa shape index (κ1) is 16.0. The van der Waals surface area contributed by atoms with Crippen molar-refractivity contribution in [3.05, 3.63) is 35.9 Å². The molecular formula is C17H27N3O. The smallest absolute Gasteiger partial charge is 0.236 e. The summed E-state index contributed by atoms with van der Waals surface area (Å²) in [6.45, 7) is 5.64. The van der Waals surface area contributed by atoms with E-state index in [9.17, 15) is 4.79 Å². The van der Waals surface area contributed by atoms with Crippen LogP contribution in [0.2, 0.25) is 0 Å². The Bertz CT molecular complexity index is 435. The van der Waals surface area contributed by atoms with Crippen LogP contribution in [0.15, 0.2) is 30.3 Å². The summed E-state index contributed by atoms with van der Waals surface area (Å²) >= 11 is 0. The standard InChI is InChI=1S/C17H27N3O/c1-15-7-5-6-11-20(15)17(21)14-19(12-10-18)13-16-8-3-2-4-9-16/h2-4,8-9,15H,5-7,10-14,18H2,1H3. The summed E-state index contributed by atoms with van der Waals surface area (Å²) in [7, 11) is 0. The van der Waals surface area contributed by atoms with Crippen molar-refractivity contribution in [1.82, 2.24) is 9.80 Å². The zero-order valence-corrected chi connectivity index (χ0v) is 13.0. The largest absolute Gasteiger partial charge is 0.339 e. The maximum Gasteiger partial charge on any atom is 0.236 e. The van der Waals surface area contributed by atoms with Gasteiger partial charge in [-0.2, -0.15) is 0 Å². The lowest BCUT2D eigenvalue weighted by Gasteiger charge is -2.35. The molecule has 1 saturated heterocycles. The van der Waals surface area contributed by atoms with E-state index in [2.05, 4.69) is 24.0 Å². The topological polar surface area (TPSA) is 49.6 Å². The fraction of sp³-hybridized carbons (Fsp3) is 0.588. The van der Waals surface area contributed by atoms with Gasteiger partial charge in [0.15, 0.2) is 0 Å². The highest BCUT2D eigenvalue weighted by atomic mass is 16.2. The Labute approximate surface area is 127 Å². The van der Waals surface area contributed by atoms with Crippen molar-refractivity contribution in [1.29, 1.82) is 0 Å². The predicted octanol–water partition coefficient (Wildman–Crippen LogP) is 1.85. The van der Waals surface area contributed by atoms with Gasteiger partial charge in [0.25, 0.3) is 0 Å². The summed E-state index contributed by atoms with van der Waals surface area (Å²) in [5.41, 5.74) is 6.93. The van der Waals surface area contributed by atoms with Gasteiger partial charge in [-0.3, -0.25) is 9.69 Å². The van der Waals surface area contributed by atoms with E-state index in [1.165, 1.54) is 12.0 Å². The van der Waals surface area contributed by atoms with Crippen LogP contribution in [0.5, 0.6) is 0 Å². The first-order chi connectivity index (χ1) is 10.2. The van der Waals surface area contributed by atoms with E-state index in [0.717, 1.165) is 32.5 Å². The summed E-state index contributed by atoms with van der Waals surface area (Å²) in [4.78, 5) is 16.7. The van der Waals surface area contributed by atoms with Crippen LogP contribution in [0, 0.1) is 0 Å². The number of nitrogens with zero attached hydrogens (tertiary/aromatic N) is 2. The minimum atomic E-state index is 0.242. The van der Waals surface area contributed by atoms with Gasteiger partial charge in [0.05, 0.1) is 6.54 Å². The number of carbonyl (C=O) groups is 1. The van der Waals surface area contributed by atoms with Gasteiger partial charge in [0, 0.05) is 32.2 Å². The van der Waals surface area contributed by atoms with Crippen LogP contribution in [-0.4, -0.2) is 47.9 Å². The van der Waals surface area contributed by atoms with Gasteiger partial charge < -0.3 is 10.6 Å². The minimum absolute atomic E-state index is 0.242. The average Bonchev–Trinajstić information content (AvgIpc) is 2.49. The number of benzene rings is 1. The van der Waals surface area contributed by atoms with Crippen LogP contribution >= 0.6 is 0 Å². The highest BCUT2D eigenvalue weighted by molar-refractivity contribution is 5.78. The summed E-state index contributed by atoms with van der Waals surface area (Å²) < 4.78 is 0. The number of likely N-dealkylation sites (tertiary alicyclic amines) is 1. The fourth-order valence-corrected chi connectivity index (χ4v) is 2.99. The van der Waals surface area contributed by atoms with Crippen LogP contribution in [0.3, 0.4) is 0 Å². The van der Waals surface area contributed by atoms with E-state index >= 15 is 0 Å². The van der Waals surface area contributed by atoms with Gasteiger partial charge in [0.1, 0.15) is 0 Å². The zero-order valence-electron chi connectivity index (χ0n) is 13.0. The molecule has 1 heterocycles. The monoisotopic (exact) mass is 289 g/mol. The average molecular weight is 289 g/mol. The molecule has 4 heteroatoms. The lowest BCUT2D eigenvalue weighted by atomic mass is 10.0. The molecule has 0 radical (unpaired) electrons. The summed E-state index contributed by atoms with van der Waals surface area (Å²) in [6.07, 6.45) is 3.49. The highest BCUT2D eigenvalue weighted by Gasteiger charge is 2.24. The lowest BCUT2D eigenvalue weighted by Crippen LogP contribution is -2.47. The first-order valence-corrected chi connectivity index (χ1v) is 7.96. The predicted molar refractivity (Wildman–Crippen MR) is 85.8 cm³/mol. The molecule has 0 spiro atoms. The van der Waals surface area contributed by atoms with Crippen molar-refractivity contribution in [2.24, 2.45) is 5.73 Å². The van der Waals surface area contributed by atoms with E-state index in [1.807, 2.05) is 23.1 Å².